The Bertz CT molecular complexity index is 901. The lowest BCUT2D eigenvalue weighted by atomic mass is 10.0. The van der Waals surface area contributed by atoms with Crippen LogP contribution < -0.4 is 5.32 Å². The highest BCUT2D eigenvalue weighted by Crippen LogP contribution is 2.28. The highest BCUT2D eigenvalue weighted by atomic mass is 19.3. The largest absolute Gasteiger partial charge is 0.352 e. The van der Waals surface area contributed by atoms with Crippen LogP contribution in [0.4, 0.5) is 8.78 Å². The second-order valence-corrected chi connectivity index (χ2v) is 8.07. The summed E-state index contributed by atoms with van der Waals surface area (Å²) in [6.07, 6.45) is 6.01. The number of nitrogens with one attached hydrogen (secondary N) is 2. The number of amidine groups is 1. The smallest absolute Gasteiger partial charge is 0.277 e. The average molecular weight is 388 g/mol. The molecular formula is C20H26F2N6. The zero-order valence-corrected chi connectivity index (χ0v) is 16.3. The van der Waals surface area contributed by atoms with Crippen molar-refractivity contribution in [2.75, 3.05) is 19.6 Å². The molecule has 28 heavy (non-hydrogen) atoms. The van der Waals surface area contributed by atoms with Crippen LogP contribution in [0.5, 0.6) is 0 Å². The lowest BCUT2D eigenvalue weighted by molar-refractivity contribution is -0.00639. The van der Waals surface area contributed by atoms with Crippen LogP contribution in [0.15, 0.2) is 29.4 Å². The predicted molar refractivity (Wildman–Crippen MR) is 106 cm³/mol. The Balaban J connectivity index is 1.62. The molecule has 2 N–H and O–H groups in total. The van der Waals surface area contributed by atoms with E-state index in [2.05, 4.69) is 34.3 Å². The van der Waals surface area contributed by atoms with Crippen LogP contribution in [0.3, 0.4) is 0 Å². The molecule has 4 rings (SSSR count). The number of rotatable bonds is 3. The summed E-state index contributed by atoms with van der Waals surface area (Å²) < 4.78 is 28.7. The van der Waals surface area contributed by atoms with E-state index in [1.807, 2.05) is 18.2 Å². The molecular weight excluding hydrogens is 362 g/mol. The molecule has 1 saturated heterocycles. The molecule has 0 saturated carbocycles. The second kappa shape index (κ2) is 7.58. The molecule has 150 valence electrons. The molecule has 0 aromatic carbocycles. The summed E-state index contributed by atoms with van der Waals surface area (Å²) in [6, 6.07) is 3.82. The van der Waals surface area contributed by atoms with Gasteiger partial charge in [-0.3, -0.25) is 5.10 Å². The third-order valence-corrected chi connectivity index (χ3v) is 5.17. The Morgan fingerprint density at radius 1 is 1.36 bits per heavy atom. The van der Waals surface area contributed by atoms with Gasteiger partial charge in [-0.2, -0.15) is 5.10 Å². The van der Waals surface area contributed by atoms with Crippen LogP contribution in [-0.4, -0.2) is 57.5 Å². The third kappa shape index (κ3) is 4.06. The van der Waals surface area contributed by atoms with Gasteiger partial charge in [0.25, 0.3) is 5.92 Å². The highest BCUT2D eigenvalue weighted by Gasteiger charge is 2.37. The fourth-order valence-electron chi connectivity index (χ4n) is 3.96. The Morgan fingerprint density at radius 2 is 2.21 bits per heavy atom. The van der Waals surface area contributed by atoms with Crippen molar-refractivity contribution in [3.05, 3.63) is 30.1 Å². The Labute approximate surface area is 163 Å². The molecule has 1 fully saturated rings. The van der Waals surface area contributed by atoms with E-state index in [1.54, 1.807) is 11.1 Å². The fourth-order valence-corrected chi connectivity index (χ4v) is 3.96. The van der Waals surface area contributed by atoms with E-state index >= 15 is 0 Å². The standard InChI is InChI=1S/C20H26F2N6/c1-13(2)9-14-10-28(12-20(21,22)11-24-14)17-7-3-6-16(25-17)18-15-5-4-8-23-19(15)27-26-18/h4-6,8,13-14,24H,3,7,9-12H2,1-2H3,(H,23,26,27). The zero-order valence-electron chi connectivity index (χ0n) is 16.3. The molecule has 8 heteroatoms. The van der Waals surface area contributed by atoms with Crippen molar-refractivity contribution < 1.29 is 8.78 Å². The van der Waals surface area contributed by atoms with Crippen molar-refractivity contribution in [1.29, 1.82) is 0 Å². The Kier molecular flexibility index (Phi) is 5.14. The first-order valence-corrected chi connectivity index (χ1v) is 9.84. The van der Waals surface area contributed by atoms with Crippen molar-refractivity contribution in [2.24, 2.45) is 10.9 Å². The Morgan fingerprint density at radius 3 is 3.04 bits per heavy atom. The molecule has 2 aliphatic rings. The maximum atomic E-state index is 14.4. The van der Waals surface area contributed by atoms with Gasteiger partial charge in [-0.15, -0.1) is 0 Å². The molecule has 0 aliphatic carbocycles. The number of aliphatic imine (C=N–C) groups is 1. The number of pyridine rings is 1. The van der Waals surface area contributed by atoms with Crippen LogP contribution in [-0.2, 0) is 0 Å². The molecule has 0 radical (unpaired) electrons. The molecule has 2 aromatic rings. The minimum Gasteiger partial charge on any atom is -0.352 e. The zero-order chi connectivity index (χ0) is 19.7. The number of hydrogen-bond acceptors (Lipinski definition) is 5. The summed E-state index contributed by atoms with van der Waals surface area (Å²) in [4.78, 5) is 10.8. The predicted octanol–water partition coefficient (Wildman–Crippen LogP) is 3.45. The molecule has 2 aliphatic heterocycles. The number of halogens is 2. The second-order valence-electron chi connectivity index (χ2n) is 8.07. The molecule has 1 atom stereocenters. The van der Waals surface area contributed by atoms with Crippen molar-refractivity contribution in [2.45, 2.75) is 45.1 Å². The van der Waals surface area contributed by atoms with Gasteiger partial charge in [-0.1, -0.05) is 19.9 Å². The minimum atomic E-state index is -2.78. The summed E-state index contributed by atoms with van der Waals surface area (Å²) >= 11 is 0. The van der Waals surface area contributed by atoms with Crippen LogP contribution in [0.1, 0.15) is 38.8 Å². The molecule has 6 nitrogen and oxygen atoms in total. The van der Waals surface area contributed by atoms with Crippen LogP contribution in [0.2, 0.25) is 0 Å². The normalized spacial score (nSPS) is 22.9. The van der Waals surface area contributed by atoms with Gasteiger partial charge < -0.3 is 10.2 Å². The molecule has 4 heterocycles. The van der Waals surface area contributed by atoms with Crippen LogP contribution in [0.25, 0.3) is 16.7 Å². The molecule has 0 amide bonds. The quantitative estimate of drug-likeness (QED) is 0.845. The van der Waals surface area contributed by atoms with Crippen molar-refractivity contribution in [1.82, 2.24) is 25.4 Å². The Hall–Kier alpha value is -2.35. The van der Waals surface area contributed by atoms with E-state index in [0.717, 1.165) is 35.5 Å². The van der Waals surface area contributed by atoms with Crippen molar-refractivity contribution >= 4 is 22.6 Å². The van der Waals surface area contributed by atoms with E-state index < -0.39 is 5.92 Å². The first kappa shape index (κ1) is 19.0. The van der Waals surface area contributed by atoms with Crippen molar-refractivity contribution in [3.8, 4) is 0 Å². The monoisotopic (exact) mass is 388 g/mol. The SMILES string of the molecule is CC(C)CC1CN(C2=NC(c3[nH]nc4ncccc34)=CCC2)CC(F)(F)CN1. The number of nitrogens with zero attached hydrogens (tertiary/aromatic N) is 4. The van der Waals surface area contributed by atoms with Crippen LogP contribution >= 0.6 is 0 Å². The third-order valence-electron chi connectivity index (χ3n) is 5.17. The lowest BCUT2D eigenvalue weighted by Gasteiger charge is -2.30. The van der Waals surface area contributed by atoms with Gasteiger partial charge >= 0.3 is 0 Å². The average Bonchev–Trinajstić information content (AvgIpc) is 3.03. The maximum absolute atomic E-state index is 14.4. The summed E-state index contributed by atoms with van der Waals surface area (Å²) in [5, 5.41) is 11.2. The minimum absolute atomic E-state index is 0.0302. The van der Waals surface area contributed by atoms with E-state index in [9.17, 15) is 8.78 Å². The number of alkyl halides is 2. The van der Waals surface area contributed by atoms with E-state index in [4.69, 9.17) is 4.99 Å². The van der Waals surface area contributed by atoms with E-state index in [0.29, 0.717) is 24.5 Å². The molecule has 2 aromatic heterocycles. The maximum Gasteiger partial charge on any atom is 0.277 e. The number of H-pyrrole nitrogens is 1. The first-order valence-electron chi connectivity index (χ1n) is 9.84. The van der Waals surface area contributed by atoms with E-state index in [1.165, 1.54) is 0 Å². The van der Waals surface area contributed by atoms with Gasteiger partial charge in [-0.05, 0) is 30.9 Å². The number of allylic oxidation sites excluding steroid dienone is 1. The van der Waals surface area contributed by atoms with E-state index in [-0.39, 0.29) is 19.1 Å². The number of aromatic amines is 1. The van der Waals surface area contributed by atoms with Gasteiger partial charge in [-0.25, -0.2) is 18.8 Å². The number of hydrogen-bond donors (Lipinski definition) is 2. The van der Waals surface area contributed by atoms with Gasteiger partial charge in [0.2, 0.25) is 0 Å². The molecule has 1 unspecified atom stereocenters. The molecule has 0 spiro atoms. The summed E-state index contributed by atoms with van der Waals surface area (Å²) in [5.41, 5.74) is 2.17. The van der Waals surface area contributed by atoms with Crippen LogP contribution in [0, 0.1) is 5.92 Å². The lowest BCUT2D eigenvalue weighted by Crippen LogP contribution is -2.42. The fraction of sp³-hybridized carbons (Fsp3) is 0.550. The van der Waals surface area contributed by atoms with Gasteiger partial charge in [0.05, 0.1) is 24.5 Å². The highest BCUT2D eigenvalue weighted by molar-refractivity contribution is 5.95. The van der Waals surface area contributed by atoms with Crippen molar-refractivity contribution in [3.63, 3.8) is 0 Å². The number of aromatic nitrogens is 3. The van der Waals surface area contributed by atoms with Gasteiger partial charge in [0.1, 0.15) is 5.84 Å². The molecule has 0 bridgehead atoms. The summed E-state index contributed by atoms with van der Waals surface area (Å²) in [5.74, 6) is -1.61. The van der Waals surface area contributed by atoms with Gasteiger partial charge in [0.15, 0.2) is 5.65 Å². The van der Waals surface area contributed by atoms with Gasteiger partial charge in [0, 0.05) is 30.6 Å². The number of fused-ring (bicyclic) bond motifs is 1. The summed E-state index contributed by atoms with van der Waals surface area (Å²) in [7, 11) is 0. The first-order chi connectivity index (χ1) is 13.4. The topological polar surface area (TPSA) is 69.2 Å². The summed E-state index contributed by atoms with van der Waals surface area (Å²) in [6.45, 7) is 4.20.